The van der Waals surface area contributed by atoms with Crippen LogP contribution in [0.5, 0.6) is 0 Å². The standard InChI is InChI=1S/C12H14BrNO/c1-12(2)7-10(12)14-11(15)8-4-3-5-9(13)6-8/h3-6,10H,7H2,1-2H3,(H,14,15). The largest absolute Gasteiger partial charge is 0.349 e. The van der Waals surface area contributed by atoms with Crippen LogP contribution in [0.2, 0.25) is 0 Å². The lowest BCUT2D eigenvalue weighted by atomic mass is 10.1. The fourth-order valence-electron chi connectivity index (χ4n) is 1.58. The molecule has 2 rings (SSSR count). The van der Waals surface area contributed by atoms with Gasteiger partial charge in [-0.05, 0) is 30.0 Å². The fourth-order valence-corrected chi connectivity index (χ4v) is 1.98. The molecule has 15 heavy (non-hydrogen) atoms. The van der Waals surface area contributed by atoms with Crippen molar-refractivity contribution in [2.45, 2.75) is 26.3 Å². The van der Waals surface area contributed by atoms with Crippen LogP contribution >= 0.6 is 15.9 Å². The van der Waals surface area contributed by atoms with Crippen LogP contribution in [0.1, 0.15) is 30.6 Å². The maximum absolute atomic E-state index is 11.8. The molecule has 1 saturated carbocycles. The van der Waals surface area contributed by atoms with E-state index in [-0.39, 0.29) is 11.3 Å². The second-order valence-electron chi connectivity index (χ2n) is 4.73. The molecule has 0 heterocycles. The average Bonchev–Trinajstić information content (AvgIpc) is 2.73. The van der Waals surface area contributed by atoms with Gasteiger partial charge in [-0.15, -0.1) is 0 Å². The van der Waals surface area contributed by atoms with E-state index in [0.717, 1.165) is 10.9 Å². The molecule has 1 unspecified atom stereocenters. The van der Waals surface area contributed by atoms with E-state index in [1.807, 2.05) is 24.3 Å². The van der Waals surface area contributed by atoms with Gasteiger partial charge < -0.3 is 5.32 Å². The van der Waals surface area contributed by atoms with Gasteiger partial charge in [0.1, 0.15) is 0 Å². The van der Waals surface area contributed by atoms with Crippen molar-refractivity contribution in [2.24, 2.45) is 5.41 Å². The predicted octanol–water partition coefficient (Wildman–Crippen LogP) is 2.98. The van der Waals surface area contributed by atoms with Crippen LogP contribution in [-0.4, -0.2) is 11.9 Å². The topological polar surface area (TPSA) is 29.1 Å². The summed E-state index contributed by atoms with van der Waals surface area (Å²) < 4.78 is 0.935. The Morgan fingerprint density at radius 2 is 2.20 bits per heavy atom. The minimum Gasteiger partial charge on any atom is -0.349 e. The number of hydrogen-bond acceptors (Lipinski definition) is 1. The van der Waals surface area contributed by atoms with Gasteiger partial charge >= 0.3 is 0 Å². The molecule has 0 radical (unpaired) electrons. The predicted molar refractivity (Wildman–Crippen MR) is 63.8 cm³/mol. The Hall–Kier alpha value is -0.830. The van der Waals surface area contributed by atoms with Gasteiger partial charge in [-0.25, -0.2) is 0 Å². The third-order valence-corrected chi connectivity index (χ3v) is 3.40. The summed E-state index contributed by atoms with van der Waals surface area (Å²) >= 11 is 3.35. The molecule has 1 aliphatic carbocycles. The normalized spacial score (nSPS) is 22.2. The highest BCUT2D eigenvalue weighted by Crippen LogP contribution is 2.44. The molecule has 1 N–H and O–H groups in total. The molecule has 0 saturated heterocycles. The van der Waals surface area contributed by atoms with E-state index in [4.69, 9.17) is 0 Å². The lowest BCUT2D eigenvalue weighted by Gasteiger charge is -2.06. The first-order chi connectivity index (χ1) is 6.99. The number of rotatable bonds is 2. The number of halogens is 1. The summed E-state index contributed by atoms with van der Waals surface area (Å²) in [6.07, 6.45) is 1.08. The van der Waals surface area contributed by atoms with E-state index >= 15 is 0 Å². The van der Waals surface area contributed by atoms with Gasteiger partial charge in [-0.2, -0.15) is 0 Å². The highest BCUT2D eigenvalue weighted by Gasteiger charge is 2.46. The minimum absolute atomic E-state index is 0.0203. The Morgan fingerprint density at radius 1 is 1.53 bits per heavy atom. The van der Waals surface area contributed by atoms with Gasteiger partial charge in [0.05, 0.1) is 0 Å². The number of nitrogens with one attached hydrogen (secondary N) is 1. The smallest absolute Gasteiger partial charge is 0.251 e. The second-order valence-corrected chi connectivity index (χ2v) is 5.64. The molecule has 0 aliphatic heterocycles. The SMILES string of the molecule is CC1(C)CC1NC(=O)c1cccc(Br)c1. The van der Waals surface area contributed by atoms with Crippen LogP contribution in [0, 0.1) is 5.41 Å². The molecule has 1 aromatic carbocycles. The molecule has 2 nitrogen and oxygen atoms in total. The monoisotopic (exact) mass is 267 g/mol. The number of carbonyl (C=O) groups excluding carboxylic acids is 1. The van der Waals surface area contributed by atoms with E-state index in [0.29, 0.717) is 11.6 Å². The van der Waals surface area contributed by atoms with Gasteiger partial charge in [0, 0.05) is 16.1 Å². The Morgan fingerprint density at radius 3 is 2.73 bits per heavy atom. The minimum atomic E-state index is 0.0203. The van der Waals surface area contributed by atoms with Crippen LogP contribution < -0.4 is 5.32 Å². The van der Waals surface area contributed by atoms with Crippen molar-refractivity contribution in [3.63, 3.8) is 0 Å². The summed E-state index contributed by atoms with van der Waals surface area (Å²) in [7, 11) is 0. The van der Waals surface area contributed by atoms with Crippen molar-refractivity contribution in [3.05, 3.63) is 34.3 Å². The number of benzene rings is 1. The molecule has 3 heteroatoms. The molecule has 1 aromatic rings. The fraction of sp³-hybridized carbons (Fsp3) is 0.417. The molecule has 1 aliphatic rings. The quantitative estimate of drug-likeness (QED) is 0.877. The lowest BCUT2D eigenvalue weighted by molar-refractivity contribution is 0.0946. The summed E-state index contributed by atoms with van der Waals surface area (Å²) in [5.41, 5.74) is 0.994. The molecular formula is C12H14BrNO. The van der Waals surface area contributed by atoms with E-state index < -0.39 is 0 Å². The van der Waals surface area contributed by atoms with Crippen molar-refractivity contribution in [2.75, 3.05) is 0 Å². The number of hydrogen-bond donors (Lipinski definition) is 1. The first-order valence-corrected chi connectivity index (χ1v) is 5.85. The first-order valence-electron chi connectivity index (χ1n) is 5.05. The highest BCUT2D eigenvalue weighted by molar-refractivity contribution is 9.10. The number of carbonyl (C=O) groups is 1. The second kappa shape index (κ2) is 3.63. The Labute approximate surface area is 98.2 Å². The van der Waals surface area contributed by atoms with E-state index in [2.05, 4.69) is 35.1 Å². The van der Waals surface area contributed by atoms with Crippen LogP contribution in [0.3, 0.4) is 0 Å². The maximum atomic E-state index is 11.8. The van der Waals surface area contributed by atoms with Gasteiger partial charge in [0.15, 0.2) is 0 Å². The van der Waals surface area contributed by atoms with Crippen molar-refractivity contribution in [1.82, 2.24) is 5.32 Å². The molecule has 0 aromatic heterocycles. The third kappa shape index (κ3) is 2.40. The zero-order valence-corrected chi connectivity index (χ0v) is 10.5. The van der Waals surface area contributed by atoms with E-state index in [9.17, 15) is 4.79 Å². The zero-order chi connectivity index (χ0) is 11.1. The molecule has 1 amide bonds. The maximum Gasteiger partial charge on any atom is 0.251 e. The molecule has 80 valence electrons. The molecule has 1 fully saturated rings. The Bertz CT molecular complexity index is 400. The molecule has 1 atom stereocenters. The van der Waals surface area contributed by atoms with Crippen molar-refractivity contribution in [3.8, 4) is 0 Å². The van der Waals surface area contributed by atoms with Crippen molar-refractivity contribution >= 4 is 21.8 Å². The van der Waals surface area contributed by atoms with Crippen LogP contribution in [-0.2, 0) is 0 Å². The summed E-state index contributed by atoms with van der Waals surface area (Å²) in [5.74, 6) is 0.0203. The average molecular weight is 268 g/mol. The summed E-state index contributed by atoms with van der Waals surface area (Å²) in [4.78, 5) is 11.8. The highest BCUT2D eigenvalue weighted by atomic mass is 79.9. The molecule has 0 spiro atoms. The lowest BCUT2D eigenvalue weighted by Crippen LogP contribution is -2.28. The third-order valence-electron chi connectivity index (χ3n) is 2.91. The molecular weight excluding hydrogens is 254 g/mol. The van der Waals surface area contributed by atoms with Crippen LogP contribution in [0.4, 0.5) is 0 Å². The van der Waals surface area contributed by atoms with E-state index in [1.54, 1.807) is 0 Å². The Balaban J connectivity index is 2.03. The zero-order valence-electron chi connectivity index (χ0n) is 8.88. The van der Waals surface area contributed by atoms with Crippen molar-refractivity contribution in [1.29, 1.82) is 0 Å². The summed E-state index contributed by atoms with van der Waals surface area (Å²) in [6.45, 7) is 4.33. The van der Waals surface area contributed by atoms with Crippen LogP contribution in [0.25, 0.3) is 0 Å². The molecule has 0 bridgehead atoms. The van der Waals surface area contributed by atoms with Gasteiger partial charge in [-0.3, -0.25) is 4.79 Å². The van der Waals surface area contributed by atoms with Gasteiger partial charge in [0.2, 0.25) is 0 Å². The van der Waals surface area contributed by atoms with Gasteiger partial charge in [0.25, 0.3) is 5.91 Å². The summed E-state index contributed by atoms with van der Waals surface area (Å²) in [5, 5.41) is 3.03. The first kappa shape index (κ1) is 10.7. The van der Waals surface area contributed by atoms with E-state index in [1.165, 1.54) is 0 Å². The van der Waals surface area contributed by atoms with Crippen LogP contribution in [0.15, 0.2) is 28.7 Å². The van der Waals surface area contributed by atoms with Gasteiger partial charge in [-0.1, -0.05) is 35.8 Å². The number of amides is 1. The summed E-state index contributed by atoms with van der Waals surface area (Å²) in [6, 6.07) is 7.79. The Kier molecular flexibility index (Phi) is 2.59. The van der Waals surface area contributed by atoms with Crippen molar-refractivity contribution < 1.29 is 4.79 Å².